The van der Waals surface area contributed by atoms with Crippen LogP contribution in [0.5, 0.6) is 0 Å². The molecule has 1 unspecified atom stereocenters. The average Bonchev–Trinajstić information content (AvgIpc) is 2.80. The fourth-order valence-corrected chi connectivity index (χ4v) is 1.84. The molecule has 5 heteroatoms. The molecule has 0 amide bonds. The maximum atomic E-state index is 13.1. The number of carboxylic acid groups (broad SMARTS) is 1. The summed E-state index contributed by atoms with van der Waals surface area (Å²) in [5.74, 6) is -1.98. The predicted molar refractivity (Wildman–Crippen MR) is 60.8 cm³/mol. The molecule has 1 aliphatic rings. The van der Waals surface area contributed by atoms with Crippen molar-refractivity contribution in [3.63, 3.8) is 0 Å². The van der Waals surface area contributed by atoms with Gasteiger partial charge in [-0.05, 0) is 31.0 Å². The summed E-state index contributed by atoms with van der Waals surface area (Å²) in [7, 11) is 0. The largest absolute Gasteiger partial charge is 0.478 e. The summed E-state index contributed by atoms with van der Waals surface area (Å²) in [5.41, 5.74) is 0.279. The molecule has 1 aromatic rings. The third-order valence-corrected chi connectivity index (χ3v) is 2.75. The quantitative estimate of drug-likeness (QED) is 0.844. The van der Waals surface area contributed by atoms with Crippen molar-refractivity contribution >= 4 is 11.7 Å². The van der Waals surface area contributed by atoms with Crippen LogP contribution < -0.4 is 5.32 Å². The molecule has 2 N–H and O–H groups in total. The Hall–Kier alpha value is -1.62. The second-order valence-corrected chi connectivity index (χ2v) is 4.02. The first-order chi connectivity index (χ1) is 8.16. The average molecular weight is 239 g/mol. The number of aromatic carboxylic acids is 1. The van der Waals surface area contributed by atoms with E-state index in [1.165, 1.54) is 12.1 Å². The van der Waals surface area contributed by atoms with Crippen LogP contribution in [0.2, 0.25) is 0 Å². The SMILES string of the molecule is O=C(O)c1cc(NCC2CCCO2)ccc1F. The zero-order chi connectivity index (χ0) is 12.3. The Morgan fingerprint density at radius 3 is 3.06 bits per heavy atom. The molecular formula is C12H14FNO3. The predicted octanol–water partition coefficient (Wildman–Crippen LogP) is 2.11. The molecule has 0 aromatic heterocycles. The summed E-state index contributed by atoms with van der Waals surface area (Å²) in [6, 6.07) is 3.98. The third-order valence-electron chi connectivity index (χ3n) is 2.75. The van der Waals surface area contributed by atoms with Crippen LogP contribution in [-0.4, -0.2) is 30.3 Å². The first-order valence-corrected chi connectivity index (χ1v) is 5.55. The maximum absolute atomic E-state index is 13.1. The molecule has 1 aromatic carbocycles. The molecule has 0 spiro atoms. The van der Waals surface area contributed by atoms with Gasteiger partial charge in [0.15, 0.2) is 0 Å². The van der Waals surface area contributed by atoms with E-state index in [-0.39, 0.29) is 11.7 Å². The molecule has 0 radical (unpaired) electrons. The summed E-state index contributed by atoms with van der Waals surface area (Å²) in [5, 5.41) is 11.8. The zero-order valence-electron chi connectivity index (χ0n) is 9.28. The van der Waals surface area contributed by atoms with Crippen LogP contribution in [0.25, 0.3) is 0 Å². The van der Waals surface area contributed by atoms with E-state index in [4.69, 9.17) is 9.84 Å². The van der Waals surface area contributed by atoms with Gasteiger partial charge in [0.2, 0.25) is 0 Å². The van der Waals surface area contributed by atoms with E-state index in [2.05, 4.69) is 5.32 Å². The van der Waals surface area contributed by atoms with Gasteiger partial charge in [-0.25, -0.2) is 9.18 Å². The maximum Gasteiger partial charge on any atom is 0.338 e. The topological polar surface area (TPSA) is 58.6 Å². The summed E-state index contributed by atoms with van der Waals surface area (Å²) in [6.07, 6.45) is 2.21. The standard InChI is InChI=1S/C12H14FNO3/c13-11-4-3-8(6-10(11)12(15)16)14-7-9-2-1-5-17-9/h3-4,6,9,14H,1-2,5,7H2,(H,15,16). The fourth-order valence-electron chi connectivity index (χ4n) is 1.84. The molecule has 0 aliphatic carbocycles. The molecule has 4 nitrogen and oxygen atoms in total. The lowest BCUT2D eigenvalue weighted by atomic mass is 10.2. The number of benzene rings is 1. The third kappa shape index (κ3) is 2.94. The highest BCUT2D eigenvalue weighted by atomic mass is 19.1. The second-order valence-electron chi connectivity index (χ2n) is 4.02. The van der Waals surface area contributed by atoms with Gasteiger partial charge in [0.25, 0.3) is 0 Å². The van der Waals surface area contributed by atoms with Crippen LogP contribution in [0.1, 0.15) is 23.2 Å². The molecule has 1 fully saturated rings. The van der Waals surface area contributed by atoms with Gasteiger partial charge in [0.1, 0.15) is 5.82 Å². The smallest absolute Gasteiger partial charge is 0.338 e. The Kier molecular flexibility index (Phi) is 3.58. The Morgan fingerprint density at radius 1 is 1.59 bits per heavy atom. The number of rotatable bonds is 4. The minimum absolute atomic E-state index is 0.160. The van der Waals surface area contributed by atoms with E-state index in [1.807, 2.05) is 0 Å². The van der Waals surface area contributed by atoms with Crippen LogP contribution >= 0.6 is 0 Å². The molecular weight excluding hydrogens is 225 g/mol. The van der Waals surface area contributed by atoms with E-state index >= 15 is 0 Å². The van der Waals surface area contributed by atoms with Gasteiger partial charge in [0.05, 0.1) is 11.7 Å². The Labute approximate surface area is 98.4 Å². The van der Waals surface area contributed by atoms with Gasteiger partial charge in [0, 0.05) is 18.8 Å². The van der Waals surface area contributed by atoms with Crippen molar-refractivity contribution in [2.45, 2.75) is 18.9 Å². The highest BCUT2D eigenvalue weighted by molar-refractivity contribution is 5.89. The number of anilines is 1. The lowest BCUT2D eigenvalue weighted by Gasteiger charge is -2.12. The summed E-state index contributed by atoms with van der Waals surface area (Å²) < 4.78 is 18.6. The molecule has 1 saturated heterocycles. The van der Waals surface area contributed by atoms with E-state index in [0.29, 0.717) is 12.2 Å². The van der Waals surface area contributed by atoms with Crippen molar-refractivity contribution in [1.29, 1.82) is 0 Å². The number of halogens is 1. The minimum Gasteiger partial charge on any atom is -0.478 e. The zero-order valence-corrected chi connectivity index (χ0v) is 9.28. The fraction of sp³-hybridized carbons (Fsp3) is 0.417. The number of ether oxygens (including phenoxy) is 1. The highest BCUT2D eigenvalue weighted by Crippen LogP contribution is 2.17. The summed E-state index contributed by atoms with van der Waals surface area (Å²) in [4.78, 5) is 10.7. The second kappa shape index (κ2) is 5.14. The monoisotopic (exact) mass is 239 g/mol. The Morgan fingerprint density at radius 2 is 2.41 bits per heavy atom. The number of carbonyl (C=O) groups is 1. The van der Waals surface area contributed by atoms with Crippen molar-refractivity contribution in [1.82, 2.24) is 0 Å². The molecule has 17 heavy (non-hydrogen) atoms. The lowest BCUT2D eigenvalue weighted by Crippen LogP contribution is -2.18. The normalized spacial score (nSPS) is 19.2. The van der Waals surface area contributed by atoms with Crippen LogP contribution in [-0.2, 0) is 4.74 Å². The highest BCUT2D eigenvalue weighted by Gasteiger charge is 2.15. The Bertz CT molecular complexity index is 416. The number of hydrogen-bond acceptors (Lipinski definition) is 3. The number of nitrogens with one attached hydrogen (secondary N) is 1. The van der Waals surface area contributed by atoms with Gasteiger partial charge in [-0.3, -0.25) is 0 Å². The molecule has 2 rings (SSSR count). The number of carboxylic acids is 1. The van der Waals surface area contributed by atoms with Gasteiger partial charge < -0.3 is 15.2 Å². The first kappa shape index (κ1) is 11.9. The molecule has 1 atom stereocenters. The van der Waals surface area contributed by atoms with Crippen molar-refractivity contribution in [2.24, 2.45) is 0 Å². The van der Waals surface area contributed by atoms with E-state index < -0.39 is 11.8 Å². The molecule has 0 saturated carbocycles. The molecule has 1 heterocycles. The summed E-state index contributed by atoms with van der Waals surface area (Å²) >= 11 is 0. The van der Waals surface area contributed by atoms with E-state index in [9.17, 15) is 9.18 Å². The van der Waals surface area contributed by atoms with Crippen molar-refractivity contribution in [3.05, 3.63) is 29.6 Å². The number of hydrogen-bond donors (Lipinski definition) is 2. The van der Waals surface area contributed by atoms with Crippen molar-refractivity contribution < 1.29 is 19.0 Å². The molecule has 92 valence electrons. The van der Waals surface area contributed by atoms with Gasteiger partial charge in [-0.1, -0.05) is 0 Å². The van der Waals surface area contributed by atoms with E-state index in [1.54, 1.807) is 0 Å². The lowest BCUT2D eigenvalue weighted by molar-refractivity contribution is 0.0692. The van der Waals surface area contributed by atoms with Crippen LogP contribution in [0.4, 0.5) is 10.1 Å². The van der Waals surface area contributed by atoms with Crippen LogP contribution in [0.3, 0.4) is 0 Å². The Balaban J connectivity index is 2.00. The first-order valence-electron chi connectivity index (χ1n) is 5.55. The van der Waals surface area contributed by atoms with Crippen LogP contribution in [0, 0.1) is 5.82 Å². The molecule has 0 bridgehead atoms. The summed E-state index contributed by atoms with van der Waals surface area (Å²) in [6.45, 7) is 1.39. The van der Waals surface area contributed by atoms with Crippen molar-refractivity contribution in [2.75, 3.05) is 18.5 Å². The van der Waals surface area contributed by atoms with E-state index in [0.717, 1.165) is 25.5 Å². The van der Waals surface area contributed by atoms with Gasteiger partial charge >= 0.3 is 5.97 Å². The molecule has 1 aliphatic heterocycles. The van der Waals surface area contributed by atoms with Gasteiger partial charge in [-0.15, -0.1) is 0 Å². The van der Waals surface area contributed by atoms with Crippen LogP contribution in [0.15, 0.2) is 18.2 Å². The minimum atomic E-state index is -1.26. The van der Waals surface area contributed by atoms with Crippen molar-refractivity contribution in [3.8, 4) is 0 Å². The van der Waals surface area contributed by atoms with Gasteiger partial charge in [-0.2, -0.15) is 0 Å².